The maximum atomic E-state index is 13.1. The first kappa shape index (κ1) is 20.9. The Morgan fingerprint density at radius 2 is 1.32 bits per heavy atom. The van der Waals surface area contributed by atoms with E-state index in [9.17, 15) is 14.4 Å². The predicted molar refractivity (Wildman–Crippen MR) is 125 cm³/mol. The number of nitriles is 1. The van der Waals surface area contributed by atoms with Crippen molar-refractivity contribution in [2.45, 2.75) is 0 Å². The van der Waals surface area contributed by atoms with Crippen LogP contribution < -0.4 is 9.64 Å². The summed E-state index contributed by atoms with van der Waals surface area (Å²) < 4.78 is 5.76. The van der Waals surface area contributed by atoms with Gasteiger partial charge < -0.3 is 4.74 Å². The van der Waals surface area contributed by atoms with E-state index in [0.29, 0.717) is 33.9 Å². The zero-order valence-electron chi connectivity index (χ0n) is 17.8. The summed E-state index contributed by atoms with van der Waals surface area (Å²) in [6, 6.07) is 28.6. The lowest BCUT2D eigenvalue weighted by Crippen LogP contribution is -2.29. The smallest absolute Gasteiger partial charge is 0.266 e. The Bertz CT molecular complexity index is 1470. The molecule has 0 atom stereocenters. The molecule has 0 spiro atoms. The highest BCUT2D eigenvalue weighted by Gasteiger charge is 2.37. The zero-order chi connectivity index (χ0) is 23.7. The van der Waals surface area contributed by atoms with Gasteiger partial charge in [-0.2, -0.15) is 5.26 Å². The number of hydrogen-bond donors (Lipinski definition) is 0. The van der Waals surface area contributed by atoms with Crippen molar-refractivity contribution in [3.63, 3.8) is 0 Å². The van der Waals surface area contributed by atoms with E-state index in [4.69, 9.17) is 10.00 Å². The summed E-state index contributed by atoms with van der Waals surface area (Å²) in [5, 5.41) is 8.89. The predicted octanol–water partition coefficient (Wildman–Crippen LogP) is 5.38. The Balaban J connectivity index is 1.37. The van der Waals surface area contributed by atoms with E-state index >= 15 is 0 Å². The van der Waals surface area contributed by atoms with Crippen LogP contribution in [0, 0.1) is 11.3 Å². The van der Waals surface area contributed by atoms with Gasteiger partial charge in [0.25, 0.3) is 11.8 Å². The molecule has 34 heavy (non-hydrogen) atoms. The minimum absolute atomic E-state index is 0.199. The summed E-state index contributed by atoms with van der Waals surface area (Å²) in [6.45, 7) is 0. The number of anilines is 1. The van der Waals surface area contributed by atoms with Gasteiger partial charge in [0.15, 0.2) is 5.78 Å². The number of carbonyl (C=O) groups excluding carboxylic acids is 3. The molecule has 0 unspecified atom stereocenters. The van der Waals surface area contributed by atoms with Gasteiger partial charge in [0.2, 0.25) is 0 Å². The second-order valence-electron chi connectivity index (χ2n) is 7.63. The molecule has 0 bridgehead atoms. The van der Waals surface area contributed by atoms with Crippen molar-refractivity contribution in [1.29, 1.82) is 5.26 Å². The van der Waals surface area contributed by atoms with Gasteiger partial charge in [-0.3, -0.25) is 14.4 Å². The van der Waals surface area contributed by atoms with Gasteiger partial charge in [0.05, 0.1) is 28.4 Å². The van der Waals surface area contributed by atoms with E-state index in [-0.39, 0.29) is 16.9 Å². The lowest BCUT2D eigenvalue weighted by atomic mass is 9.99. The Labute approximate surface area is 195 Å². The molecule has 1 aliphatic rings. The van der Waals surface area contributed by atoms with Crippen LogP contribution in [0.5, 0.6) is 11.5 Å². The fourth-order valence-electron chi connectivity index (χ4n) is 3.77. The highest BCUT2D eigenvalue weighted by molar-refractivity contribution is 6.34. The molecule has 0 saturated heterocycles. The summed E-state index contributed by atoms with van der Waals surface area (Å²) in [4.78, 5) is 39.9. The van der Waals surface area contributed by atoms with Crippen molar-refractivity contribution in [3.8, 4) is 17.6 Å². The first-order valence-corrected chi connectivity index (χ1v) is 10.5. The minimum Gasteiger partial charge on any atom is -0.457 e. The summed E-state index contributed by atoms with van der Waals surface area (Å²) in [6.07, 6.45) is 0. The zero-order valence-corrected chi connectivity index (χ0v) is 17.8. The SMILES string of the molecule is N#Cc1ccc(Oc2ccc(N3C(=O)c4ccc(C(=O)c5ccccc5)cc4C3=O)cc2)cc1. The van der Waals surface area contributed by atoms with Gasteiger partial charge in [-0.1, -0.05) is 36.4 Å². The van der Waals surface area contributed by atoms with Crippen LogP contribution in [-0.2, 0) is 0 Å². The van der Waals surface area contributed by atoms with Gasteiger partial charge >= 0.3 is 0 Å². The number of nitrogens with zero attached hydrogens (tertiary/aromatic N) is 2. The highest BCUT2D eigenvalue weighted by atomic mass is 16.5. The molecular weight excluding hydrogens is 428 g/mol. The summed E-state index contributed by atoms with van der Waals surface area (Å²) >= 11 is 0. The van der Waals surface area contributed by atoms with Crippen molar-refractivity contribution in [1.82, 2.24) is 0 Å². The number of amides is 2. The summed E-state index contributed by atoms with van der Waals surface area (Å²) in [5.41, 5.74) is 2.24. The molecule has 0 radical (unpaired) electrons. The number of hydrogen-bond acceptors (Lipinski definition) is 5. The Morgan fingerprint density at radius 1 is 0.706 bits per heavy atom. The van der Waals surface area contributed by atoms with Crippen molar-refractivity contribution in [3.05, 3.63) is 125 Å². The number of fused-ring (bicyclic) bond motifs is 1. The Morgan fingerprint density at radius 3 is 1.97 bits per heavy atom. The number of benzene rings is 4. The second-order valence-corrected chi connectivity index (χ2v) is 7.63. The van der Waals surface area contributed by atoms with E-state index in [1.807, 2.05) is 12.1 Å². The van der Waals surface area contributed by atoms with Crippen molar-refractivity contribution in [2.75, 3.05) is 4.90 Å². The normalized spacial score (nSPS) is 12.3. The highest BCUT2D eigenvalue weighted by Crippen LogP contribution is 2.31. The topological polar surface area (TPSA) is 87.5 Å². The van der Waals surface area contributed by atoms with Crippen LogP contribution in [0.15, 0.2) is 97.1 Å². The second kappa shape index (κ2) is 8.49. The molecule has 5 rings (SSSR count). The Kier molecular flexibility index (Phi) is 5.21. The molecular formula is C28H16N2O4. The molecule has 6 nitrogen and oxygen atoms in total. The first-order chi connectivity index (χ1) is 16.5. The molecule has 0 N–H and O–H groups in total. The Hall–Kier alpha value is -5.02. The molecule has 6 heteroatoms. The van der Waals surface area contributed by atoms with E-state index in [1.165, 1.54) is 12.1 Å². The quantitative estimate of drug-likeness (QED) is 0.305. The first-order valence-electron chi connectivity index (χ1n) is 10.5. The lowest BCUT2D eigenvalue weighted by molar-refractivity contribution is 0.0925. The number of imide groups is 1. The van der Waals surface area contributed by atoms with Crippen molar-refractivity contribution < 1.29 is 19.1 Å². The molecule has 2 amide bonds. The van der Waals surface area contributed by atoms with Crippen LogP contribution in [0.25, 0.3) is 0 Å². The summed E-state index contributed by atoms with van der Waals surface area (Å²) in [7, 11) is 0. The van der Waals surface area contributed by atoms with Gasteiger partial charge in [0, 0.05) is 11.1 Å². The molecule has 4 aromatic rings. The van der Waals surface area contributed by atoms with E-state index in [0.717, 1.165) is 4.90 Å². The van der Waals surface area contributed by atoms with Gasteiger partial charge in [-0.15, -0.1) is 0 Å². The van der Waals surface area contributed by atoms with Gasteiger partial charge in [-0.05, 0) is 60.7 Å². The van der Waals surface area contributed by atoms with E-state index in [1.54, 1.807) is 78.9 Å². The third kappa shape index (κ3) is 3.72. The average Bonchev–Trinajstić information content (AvgIpc) is 3.14. The van der Waals surface area contributed by atoms with Crippen LogP contribution in [0.4, 0.5) is 5.69 Å². The maximum Gasteiger partial charge on any atom is 0.266 e. The standard InChI is InChI=1S/C28H16N2O4/c29-17-18-6-11-22(12-7-18)34-23-13-9-21(10-14-23)30-27(32)24-15-8-20(16-25(24)28(30)33)26(31)19-4-2-1-3-5-19/h1-16H. The number of rotatable bonds is 5. The number of ketones is 1. The van der Waals surface area contributed by atoms with Crippen molar-refractivity contribution >= 4 is 23.3 Å². The van der Waals surface area contributed by atoms with E-state index < -0.39 is 11.8 Å². The fraction of sp³-hybridized carbons (Fsp3) is 0. The van der Waals surface area contributed by atoms with Gasteiger partial charge in [0.1, 0.15) is 11.5 Å². The average molecular weight is 444 g/mol. The van der Waals surface area contributed by atoms with Crippen LogP contribution in [0.1, 0.15) is 42.2 Å². The lowest BCUT2D eigenvalue weighted by Gasteiger charge is -2.14. The summed E-state index contributed by atoms with van der Waals surface area (Å²) in [5.74, 6) is -0.0711. The monoisotopic (exact) mass is 444 g/mol. The third-order valence-corrected chi connectivity index (χ3v) is 5.50. The van der Waals surface area contributed by atoms with Crippen molar-refractivity contribution in [2.24, 2.45) is 0 Å². The fourth-order valence-corrected chi connectivity index (χ4v) is 3.77. The maximum absolute atomic E-state index is 13.1. The molecule has 1 heterocycles. The third-order valence-electron chi connectivity index (χ3n) is 5.50. The van der Waals surface area contributed by atoms with Crippen LogP contribution >= 0.6 is 0 Å². The largest absolute Gasteiger partial charge is 0.457 e. The van der Waals surface area contributed by atoms with Crippen LogP contribution in [0.3, 0.4) is 0 Å². The molecule has 0 fully saturated rings. The molecule has 0 aliphatic carbocycles. The molecule has 162 valence electrons. The minimum atomic E-state index is -0.483. The number of ether oxygens (including phenoxy) is 1. The van der Waals surface area contributed by atoms with Crippen LogP contribution in [-0.4, -0.2) is 17.6 Å². The number of carbonyl (C=O) groups is 3. The molecule has 4 aromatic carbocycles. The molecule has 0 saturated carbocycles. The van der Waals surface area contributed by atoms with Gasteiger partial charge in [-0.25, -0.2) is 4.90 Å². The van der Waals surface area contributed by atoms with Crippen LogP contribution in [0.2, 0.25) is 0 Å². The molecule has 1 aliphatic heterocycles. The van der Waals surface area contributed by atoms with E-state index in [2.05, 4.69) is 0 Å². The molecule has 0 aromatic heterocycles.